The summed E-state index contributed by atoms with van der Waals surface area (Å²) < 4.78 is 5.59. The van der Waals surface area contributed by atoms with Gasteiger partial charge in [-0.2, -0.15) is 0 Å². The summed E-state index contributed by atoms with van der Waals surface area (Å²) in [5.41, 5.74) is 3.00. The molecular formula is C19H21N3O3. The molecule has 1 aliphatic heterocycles. The van der Waals surface area contributed by atoms with Crippen LogP contribution in [0.4, 0.5) is 16.2 Å². The van der Waals surface area contributed by atoms with Crippen LogP contribution < -0.4 is 20.3 Å². The second-order valence-corrected chi connectivity index (χ2v) is 5.82. The maximum absolute atomic E-state index is 12.5. The summed E-state index contributed by atoms with van der Waals surface area (Å²) in [5.74, 6) is 0.434. The molecule has 6 nitrogen and oxygen atoms in total. The Bertz CT molecular complexity index is 787. The maximum Gasteiger partial charge on any atom is 0.321 e. The first-order valence-electron chi connectivity index (χ1n) is 8.28. The molecule has 6 heteroatoms. The molecule has 0 radical (unpaired) electrons. The van der Waals surface area contributed by atoms with Crippen LogP contribution in [0.5, 0.6) is 5.75 Å². The van der Waals surface area contributed by atoms with E-state index in [1.165, 1.54) is 0 Å². The maximum atomic E-state index is 12.5. The van der Waals surface area contributed by atoms with Gasteiger partial charge in [-0.15, -0.1) is 0 Å². The lowest BCUT2D eigenvalue weighted by Gasteiger charge is -2.15. The van der Waals surface area contributed by atoms with Gasteiger partial charge in [-0.3, -0.25) is 9.69 Å². The second-order valence-electron chi connectivity index (χ2n) is 5.82. The number of rotatable bonds is 5. The van der Waals surface area contributed by atoms with Gasteiger partial charge in [0, 0.05) is 24.3 Å². The van der Waals surface area contributed by atoms with Gasteiger partial charge in [0.2, 0.25) is 0 Å². The number of benzene rings is 2. The van der Waals surface area contributed by atoms with Gasteiger partial charge >= 0.3 is 6.03 Å². The minimum Gasteiger partial charge on any atom is -0.492 e. The number of ether oxygens (including phenoxy) is 1. The largest absolute Gasteiger partial charge is 0.492 e. The van der Waals surface area contributed by atoms with Crippen molar-refractivity contribution in [2.75, 3.05) is 29.9 Å². The van der Waals surface area contributed by atoms with E-state index in [9.17, 15) is 9.59 Å². The number of hydrogen-bond acceptors (Lipinski definition) is 3. The van der Waals surface area contributed by atoms with Crippen molar-refractivity contribution < 1.29 is 14.3 Å². The topological polar surface area (TPSA) is 70.7 Å². The average Bonchev–Trinajstić information content (AvgIpc) is 3.03. The smallest absolute Gasteiger partial charge is 0.321 e. The number of nitrogens with one attached hydrogen (secondary N) is 2. The lowest BCUT2D eigenvalue weighted by molar-refractivity contribution is 0.102. The molecule has 0 aliphatic carbocycles. The van der Waals surface area contributed by atoms with Crippen LogP contribution in [0.25, 0.3) is 0 Å². The van der Waals surface area contributed by atoms with E-state index in [2.05, 4.69) is 10.6 Å². The van der Waals surface area contributed by atoms with Crippen molar-refractivity contribution in [1.29, 1.82) is 0 Å². The molecule has 2 N–H and O–H groups in total. The van der Waals surface area contributed by atoms with Crippen molar-refractivity contribution in [3.8, 4) is 5.75 Å². The highest BCUT2D eigenvalue weighted by atomic mass is 16.5. The van der Waals surface area contributed by atoms with Crippen LogP contribution in [0.15, 0.2) is 42.5 Å². The Labute approximate surface area is 146 Å². The van der Waals surface area contributed by atoms with E-state index in [4.69, 9.17) is 4.74 Å². The van der Waals surface area contributed by atoms with Gasteiger partial charge in [0.05, 0.1) is 12.3 Å². The predicted molar refractivity (Wildman–Crippen MR) is 97.5 cm³/mol. The number of carbonyl (C=O) groups is 2. The first-order valence-corrected chi connectivity index (χ1v) is 8.28. The van der Waals surface area contributed by atoms with Crippen LogP contribution in [0.2, 0.25) is 0 Å². The molecule has 1 fully saturated rings. The fourth-order valence-electron chi connectivity index (χ4n) is 2.71. The van der Waals surface area contributed by atoms with Gasteiger partial charge in [0.25, 0.3) is 5.91 Å². The van der Waals surface area contributed by atoms with E-state index < -0.39 is 0 Å². The Hall–Kier alpha value is -3.02. The van der Waals surface area contributed by atoms with E-state index in [1.807, 2.05) is 32.0 Å². The molecule has 1 aliphatic rings. The molecule has 0 aromatic heterocycles. The molecule has 0 unspecified atom stereocenters. The first kappa shape index (κ1) is 16.8. The van der Waals surface area contributed by atoms with Gasteiger partial charge in [-0.25, -0.2) is 4.79 Å². The predicted octanol–water partition coefficient (Wildman–Crippen LogP) is 3.18. The lowest BCUT2D eigenvalue weighted by atomic mass is 10.1. The molecular weight excluding hydrogens is 318 g/mol. The van der Waals surface area contributed by atoms with Crippen LogP contribution >= 0.6 is 0 Å². The molecule has 0 atom stereocenters. The molecule has 1 saturated heterocycles. The van der Waals surface area contributed by atoms with Gasteiger partial charge in [0.15, 0.2) is 0 Å². The quantitative estimate of drug-likeness (QED) is 0.879. The highest BCUT2D eigenvalue weighted by molar-refractivity contribution is 6.05. The monoisotopic (exact) mass is 339 g/mol. The summed E-state index contributed by atoms with van der Waals surface area (Å²) in [7, 11) is 0. The van der Waals surface area contributed by atoms with E-state index >= 15 is 0 Å². The average molecular weight is 339 g/mol. The van der Waals surface area contributed by atoms with Crippen molar-refractivity contribution in [2.24, 2.45) is 0 Å². The zero-order chi connectivity index (χ0) is 17.8. The Balaban J connectivity index is 1.74. The summed E-state index contributed by atoms with van der Waals surface area (Å²) in [4.78, 5) is 25.8. The highest BCUT2D eigenvalue weighted by Crippen LogP contribution is 2.26. The molecule has 3 amide bonds. The number of amides is 3. The molecule has 2 aromatic carbocycles. The first-order chi connectivity index (χ1) is 12.1. The standard InChI is InChI=1S/C19H21N3O3/c1-3-25-17-12-13(2)4-9-16(17)21-18(23)14-5-7-15(8-6-14)22-11-10-20-19(22)24/h4-9,12H,3,10-11H2,1-2H3,(H,20,24)(H,21,23). The van der Waals surface area contributed by atoms with Gasteiger partial charge in [0.1, 0.15) is 5.75 Å². The highest BCUT2D eigenvalue weighted by Gasteiger charge is 2.21. The third-order valence-corrected chi connectivity index (χ3v) is 3.98. The van der Waals surface area contributed by atoms with E-state index in [1.54, 1.807) is 29.2 Å². The SMILES string of the molecule is CCOc1cc(C)ccc1NC(=O)c1ccc(N2CCNC2=O)cc1. The second kappa shape index (κ2) is 7.25. The minimum atomic E-state index is -0.220. The Morgan fingerprint density at radius 3 is 2.64 bits per heavy atom. The lowest BCUT2D eigenvalue weighted by Crippen LogP contribution is -2.27. The third kappa shape index (κ3) is 3.74. The summed E-state index contributed by atoms with van der Waals surface area (Å²) >= 11 is 0. The van der Waals surface area contributed by atoms with Crippen molar-refractivity contribution in [3.63, 3.8) is 0 Å². The Morgan fingerprint density at radius 1 is 1.24 bits per heavy atom. The van der Waals surface area contributed by atoms with Gasteiger partial charge in [-0.1, -0.05) is 6.07 Å². The molecule has 0 spiro atoms. The number of nitrogens with zero attached hydrogens (tertiary/aromatic N) is 1. The summed E-state index contributed by atoms with van der Waals surface area (Å²) in [6, 6.07) is 12.5. The van der Waals surface area contributed by atoms with Crippen molar-refractivity contribution in [2.45, 2.75) is 13.8 Å². The summed E-state index contributed by atoms with van der Waals surface area (Å²) in [6.45, 7) is 5.67. The molecule has 2 aromatic rings. The van der Waals surface area contributed by atoms with Crippen LogP contribution in [-0.2, 0) is 0 Å². The number of hydrogen-bond donors (Lipinski definition) is 2. The Morgan fingerprint density at radius 2 is 2.00 bits per heavy atom. The molecule has 0 bridgehead atoms. The van der Waals surface area contributed by atoms with Gasteiger partial charge in [-0.05, 0) is 55.8 Å². The zero-order valence-corrected chi connectivity index (χ0v) is 14.3. The molecule has 1 heterocycles. The van der Waals surface area contributed by atoms with Crippen LogP contribution in [0.1, 0.15) is 22.8 Å². The number of aryl methyl sites for hydroxylation is 1. The summed E-state index contributed by atoms with van der Waals surface area (Å²) in [6.07, 6.45) is 0. The fourth-order valence-corrected chi connectivity index (χ4v) is 2.71. The number of urea groups is 1. The van der Waals surface area contributed by atoms with E-state index in [0.29, 0.717) is 36.7 Å². The Kier molecular flexibility index (Phi) is 4.88. The normalized spacial score (nSPS) is 13.5. The van der Waals surface area contributed by atoms with E-state index in [-0.39, 0.29) is 11.9 Å². The summed E-state index contributed by atoms with van der Waals surface area (Å²) in [5, 5.41) is 5.63. The van der Waals surface area contributed by atoms with Gasteiger partial charge < -0.3 is 15.4 Å². The van der Waals surface area contributed by atoms with Crippen LogP contribution in [0.3, 0.4) is 0 Å². The van der Waals surface area contributed by atoms with Crippen molar-refractivity contribution in [1.82, 2.24) is 5.32 Å². The third-order valence-electron chi connectivity index (χ3n) is 3.98. The van der Waals surface area contributed by atoms with Crippen LogP contribution in [-0.4, -0.2) is 31.6 Å². The fraction of sp³-hybridized carbons (Fsp3) is 0.263. The zero-order valence-electron chi connectivity index (χ0n) is 14.3. The minimum absolute atomic E-state index is 0.113. The van der Waals surface area contributed by atoms with E-state index in [0.717, 1.165) is 11.3 Å². The number of anilines is 2. The number of carbonyl (C=O) groups excluding carboxylic acids is 2. The van der Waals surface area contributed by atoms with Crippen molar-refractivity contribution in [3.05, 3.63) is 53.6 Å². The van der Waals surface area contributed by atoms with Crippen LogP contribution in [0, 0.1) is 6.92 Å². The molecule has 0 saturated carbocycles. The van der Waals surface area contributed by atoms with Crippen molar-refractivity contribution >= 4 is 23.3 Å². The molecule has 130 valence electrons. The molecule has 3 rings (SSSR count). The molecule has 25 heavy (non-hydrogen) atoms.